The van der Waals surface area contributed by atoms with E-state index in [-0.39, 0.29) is 23.8 Å². The lowest BCUT2D eigenvalue weighted by molar-refractivity contribution is -0.120. The van der Waals surface area contributed by atoms with Gasteiger partial charge in [0.15, 0.2) is 0 Å². The minimum atomic E-state index is -3.66. The molecule has 8 nitrogen and oxygen atoms in total. The van der Waals surface area contributed by atoms with Crippen LogP contribution in [0.25, 0.3) is 0 Å². The molecule has 154 valence electrons. The van der Waals surface area contributed by atoms with Crippen LogP contribution < -0.4 is 5.32 Å². The maximum absolute atomic E-state index is 12.9. The molecule has 0 aliphatic carbocycles. The molecule has 1 aliphatic rings. The second kappa shape index (κ2) is 9.07. The number of rotatable bonds is 6. The standard InChI is InChI=1S/C19H22BrN5O3S/c1-14-12-18(25(23-14)11-3-9-21)22-19(26)15-4-2-10-24(13-15)29(27,28)17-7-5-16(20)6-8-17/h5-8,12,15H,2-4,10-11,13H2,1H3,(H,22,26). The van der Waals surface area contributed by atoms with Crippen LogP contribution in [0.4, 0.5) is 5.82 Å². The van der Waals surface area contributed by atoms with Gasteiger partial charge in [0.25, 0.3) is 0 Å². The fourth-order valence-corrected chi connectivity index (χ4v) is 5.12. The average Bonchev–Trinajstić information content (AvgIpc) is 3.05. The molecule has 1 N–H and O–H groups in total. The van der Waals surface area contributed by atoms with Gasteiger partial charge in [0.2, 0.25) is 15.9 Å². The molecule has 0 spiro atoms. The van der Waals surface area contributed by atoms with Gasteiger partial charge < -0.3 is 5.32 Å². The number of hydrogen-bond donors (Lipinski definition) is 1. The van der Waals surface area contributed by atoms with Crippen molar-refractivity contribution in [1.82, 2.24) is 14.1 Å². The number of aryl methyl sites for hydroxylation is 2. The minimum absolute atomic E-state index is 0.134. The van der Waals surface area contributed by atoms with Crippen LogP contribution in [-0.2, 0) is 21.4 Å². The number of nitriles is 1. The molecule has 2 aromatic rings. The van der Waals surface area contributed by atoms with E-state index in [1.54, 1.807) is 35.0 Å². The second-order valence-electron chi connectivity index (χ2n) is 6.95. The molecule has 1 fully saturated rings. The van der Waals surface area contributed by atoms with Crippen molar-refractivity contribution in [1.29, 1.82) is 5.26 Å². The first kappa shape index (κ1) is 21.5. The van der Waals surface area contributed by atoms with Crippen LogP contribution >= 0.6 is 15.9 Å². The zero-order valence-corrected chi connectivity index (χ0v) is 18.4. The van der Waals surface area contributed by atoms with Crippen LogP contribution in [0.2, 0.25) is 0 Å². The molecule has 3 rings (SSSR count). The van der Waals surface area contributed by atoms with Crippen molar-refractivity contribution in [2.45, 2.75) is 37.6 Å². The van der Waals surface area contributed by atoms with Crippen molar-refractivity contribution in [2.24, 2.45) is 5.92 Å². The van der Waals surface area contributed by atoms with Crippen LogP contribution in [0.3, 0.4) is 0 Å². The van der Waals surface area contributed by atoms with Gasteiger partial charge in [-0.2, -0.15) is 14.7 Å². The highest BCUT2D eigenvalue weighted by molar-refractivity contribution is 9.10. The number of amides is 1. The predicted octanol–water partition coefficient (Wildman–Crippen LogP) is 2.91. The first-order chi connectivity index (χ1) is 13.8. The smallest absolute Gasteiger partial charge is 0.243 e. The zero-order valence-electron chi connectivity index (χ0n) is 16.0. The first-order valence-electron chi connectivity index (χ1n) is 9.29. The second-order valence-corrected chi connectivity index (χ2v) is 9.80. The summed E-state index contributed by atoms with van der Waals surface area (Å²) < 4.78 is 29.6. The SMILES string of the molecule is Cc1cc(NC(=O)C2CCCN(S(=O)(=O)c3ccc(Br)cc3)C2)n(CCC#N)n1. The van der Waals surface area contributed by atoms with Crippen molar-refractivity contribution in [3.8, 4) is 6.07 Å². The molecular formula is C19H22BrN5O3S. The maximum Gasteiger partial charge on any atom is 0.243 e. The molecule has 10 heteroatoms. The lowest BCUT2D eigenvalue weighted by Gasteiger charge is -2.31. The molecule has 1 saturated heterocycles. The fourth-order valence-electron chi connectivity index (χ4n) is 3.33. The molecule has 1 unspecified atom stereocenters. The Labute approximate surface area is 178 Å². The van der Waals surface area contributed by atoms with Crippen LogP contribution in [-0.4, -0.2) is 41.5 Å². The van der Waals surface area contributed by atoms with E-state index in [0.29, 0.717) is 31.7 Å². The van der Waals surface area contributed by atoms with Gasteiger partial charge in [0, 0.05) is 23.6 Å². The van der Waals surface area contributed by atoms with Gasteiger partial charge in [0.05, 0.1) is 35.5 Å². The number of carbonyl (C=O) groups is 1. The molecule has 0 saturated carbocycles. The van der Waals surface area contributed by atoms with Crippen molar-refractivity contribution in [2.75, 3.05) is 18.4 Å². The molecule has 1 aliphatic heterocycles. The molecule has 1 amide bonds. The third-order valence-electron chi connectivity index (χ3n) is 4.80. The van der Waals surface area contributed by atoms with Crippen molar-refractivity contribution >= 4 is 37.7 Å². The number of carbonyl (C=O) groups excluding carboxylic acids is 1. The van der Waals surface area contributed by atoms with Crippen LogP contribution in [0.15, 0.2) is 39.7 Å². The molecule has 29 heavy (non-hydrogen) atoms. The summed E-state index contributed by atoms with van der Waals surface area (Å²) in [5.41, 5.74) is 0.737. The Kier molecular flexibility index (Phi) is 6.72. The number of halogens is 1. The monoisotopic (exact) mass is 479 g/mol. The van der Waals surface area contributed by atoms with Gasteiger partial charge >= 0.3 is 0 Å². The number of sulfonamides is 1. The molecular weight excluding hydrogens is 458 g/mol. The third kappa shape index (κ3) is 5.04. The summed E-state index contributed by atoms with van der Waals surface area (Å²) in [5, 5.41) is 15.9. The highest BCUT2D eigenvalue weighted by Crippen LogP contribution is 2.26. The highest BCUT2D eigenvalue weighted by atomic mass is 79.9. The molecule has 1 aromatic heterocycles. The van der Waals surface area contributed by atoms with Gasteiger partial charge in [-0.3, -0.25) is 4.79 Å². The van der Waals surface area contributed by atoms with E-state index in [2.05, 4.69) is 32.4 Å². The average molecular weight is 480 g/mol. The van der Waals surface area contributed by atoms with Crippen molar-refractivity contribution in [3.63, 3.8) is 0 Å². The van der Waals surface area contributed by atoms with Gasteiger partial charge in [0.1, 0.15) is 5.82 Å². The van der Waals surface area contributed by atoms with Crippen molar-refractivity contribution in [3.05, 3.63) is 40.5 Å². The van der Waals surface area contributed by atoms with Gasteiger partial charge in [-0.15, -0.1) is 0 Å². The van der Waals surface area contributed by atoms with E-state index in [0.717, 1.165) is 10.2 Å². The Balaban J connectivity index is 1.71. The van der Waals surface area contributed by atoms with E-state index >= 15 is 0 Å². The maximum atomic E-state index is 12.9. The van der Waals surface area contributed by atoms with E-state index in [4.69, 9.17) is 5.26 Å². The molecule has 2 heterocycles. The van der Waals surface area contributed by atoms with Crippen LogP contribution in [0.1, 0.15) is 25.0 Å². The summed E-state index contributed by atoms with van der Waals surface area (Å²) in [5.74, 6) is -0.164. The summed E-state index contributed by atoms with van der Waals surface area (Å²) in [4.78, 5) is 13.0. The summed E-state index contributed by atoms with van der Waals surface area (Å²) in [6.45, 7) is 2.72. The van der Waals surface area contributed by atoms with E-state index < -0.39 is 15.9 Å². The summed E-state index contributed by atoms with van der Waals surface area (Å²) >= 11 is 3.31. The summed E-state index contributed by atoms with van der Waals surface area (Å²) in [7, 11) is -3.66. The number of aromatic nitrogens is 2. The number of anilines is 1. The molecule has 1 atom stereocenters. The quantitative estimate of drug-likeness (QED) is 0.684. The Bertz CT molecular complexity index is 1030. The zero-order chi connectivity index (χ0) is 21.0. The normalized spacial score (nSPS) is 17.6. The Morgan fingerprint density at radius 1 is 1.38 bits per heavy atom. The first-order valence-corrected chi connectivity index (χ1v) is 11.5. The summed E-state index contributed by atoms with van der Waals surface area (Å²) in [6.07, 6.45) is 1.51. The van der Waals surface area contributed by atoms with E-state index in [1.165, 1.54) is 4.31 Å². The van der Waals surface area contributed by atoms with Crippen LogP contribution in [0.5, 0.6) is 0 Å². The number of piperidine rings is 1. The minimum Gasteiger partial charge on any atom is -0.311 e. The van der Waals surface area contributed by atoms with Crippen LogP contribution in [0, 0.1) is 24.2 Å². The third-order valence-corrected chi connectivity index (χ3v) is 7.20. The predicted molar refractivity (Wildman–Crippen MR) is 111 cm³/mol. The van der Waals surface area contributed by atoms with E-state index in [9.17, 15) is 13.2 Å². The lowest BCUT2D eigenvalue weighted by Crippen LogP contribution is -2.43. The summed E-state index contributed by atoms with van der Waals surface area (Å²) in [6, 6.07) is 10.3. The Hall–Kier alpha value is -2.22. The fraction of sp³-hybridized carbons (Fsp3) is 0.421. The lowest BCUT2D eigenvalue weighted by atomic mass is 9.99. The molecule has 1 aromatic carbocycles. The largest absolute Gasteiger partial charge is 0.311 e. The molecule has 0 bridgehead atoms. The number of benzene rings is 1. The highest BCUT2D eigenvalue weighted by Gasteiger charge is 2.33. The number of hydrogen-bond acceptors (Lipinski definition) is 5. The van der Waals surface area contributed by atoms with Gasteiger partial charge in [-0.05, 0) is 44.0 Å². The van der Waals surface area contributed by atoms with Gasteiger partial charge in [-0.25, -0.2) is 13.1 Å². The van der Waals surface area contributed by atoms with E-state index in [1.807, 2.05) is 6.92 Å². The topological polar surface area (TPSA) is 108 Å². The van der Waals surface area contributed by atoms with Gasteiger partial charge in [-0.1, -0.05) is 15.9 Å². The Morgan fingerprint density at radius 3 is 2.79 bits per heavy atom. The van der Waals surface area contributed by atoms with Crippen molar-refractivity contribution < 1.29 is 13.2 Å². The molecule has 0 radical (unpaired) electrons. The number of nitrogens with zero attached hydrogens (tertiary/aromatic N) is 4. The Morgan fingerprint density at radius 2 is 2.10 bits per heavy atom. The number of nitrogens with one attached hydrogen (secondary N) is 1.